The minimum Gasteiger partial charge on any atom is -0.644 e. The van der Waals surface area contributed by atoms with Crippen LogP contribution in [0.5, 0.6) is 0 Å². The van der Waals surface area contributed by atoms with Gasteiger partial charge in [0.25, 0.3) is 0 Å². The van der Waals surface area contributed by atoms with Crippen LogP contribution in [0.15, 0.2) is 146 Å². The van der Waals surface area contributed by atoms with Crippen molar-refractivity contribution in [3.8, 4) is 0 Å². The zero-order valence-electron chi connectivity index (χ0n) is 21.1. The van der Waals surface area contributed by atoms with Crippen LogP contribution >= 0.6 is 16.4 Å². The lowest BCUT2D eigenvalue weighted by Gasteiger charge is -2.31. The number of hydrogen-bond donors (Lipinski definition) is 0. The molecule has 0 radical (unpaired) electrons. The van der Waals surface area contributed by atoms with Gasteiger partial charge in [-0.05, 0) is 48.7 Å². The van der Waals surface area contributed by atoms with Crippen molar-refractivity contribution < 1.29 is 4.89 Å². The molecule has 0 N–H and O–H groups in total. The van der Waals surface area contributed by atoms with Gasteiger partial charge in [-0.15, -0.1) is 0 Å². The summed E-state index contributed by atoms with van der Waals surface area (Å²) in [5.41, 5.74) is 3.36. The van der Waals surface area contributed by atoms with E-state index in [4.69, 9.17) is 0 Å². The van der Waals surface area contributed by atoms with Crippen LogP contribution < -0.4 is 30.1 Å². The third kappa shape index (κ3) is 5.11. The number of hydrogen-bond acceptors (Lipinski definition) is 3. The molecule has 3 nitrogen and oxygen atoms in total. The molecule has 6 rings (SSSR count). The first-order valence-corrected chi connectivity index (χ1v) is 15.6. The summed E-state index contributed by atoms with van der Waals surface area (Å²) >= 11 is 0. The van der Waals surface area contributed by atoms with Crippen molar-refractivity contribution in [2.45, 2.75) is 12.5 Å². The van der Waals surface area contributed by atoms with Gasteiger partial charge < -0.3 is 4.89 Å². The molecule has 0 amide bonds. The highest BCUT2D eigenvalue weighted by Crippen LogP contribution is 2.51. The standard InChI is InChI=1S/C33H30N2OP2/c36-38-34(26-29(25-27-15-5-1-6-16-27)35(38)28-17-7-2-8-18-28)32-23-13-14-24-33(32)37(30-19-9-3-10-20-30)31-21-11-4-12-22-31/h1-24,29,38H,25-26H2/t29-/m0/s1. The molecule has 5 heteroatoms. The highest BCUT2D eigenvalue weighted by Gasteiger charge is 2.42. The quantitative estimate of drug-likeness (QED) is 0.252. The van der Waals surface area contributed by atoms with Crippen molar-refractivity contribution >= 4 is 43.7 Å². The van der Waals surface area contributed by atoms with E-state index < -0.39 is 16.4 Å². The summed E-state index contributed by atoms with van der Waals surface area (Å²) in [6.07, 6.45) is 0.844. The second-order valence-corrected chi connectivity index (χ2v) is 13.2. The Morgan fingerprint density at radius 1 is 0.632 bits per heavy atom. The molecule has 0 bridgehead atoms. The Kier molecular flexibility index (Phi) is 7.52. The summed E-state index contributed by atoms with van der Waals surface area (Å²) < 4.78 is 4.35. The number of anilines is 2. The fourth-order valence-electron chi connectivity index (χ4n) is 5.27. The molecule has 1 unspecified atom stereocenters. The second kappa shape index (κ2) is 11.5. The summed E-state index contributed by atoms with van der Waals surface area (Å²) in [5, 5.41) is 3.83. The van der Waals surface area contributed by atoms with E-state index in [9.17, 15) is 4.89 Å². The Labute approximate surface area is 227 Å². The molecule has 0 aromatic heterocycles. The van der Waals surface area contributed by atoms with Crippen molar-refractivity contribution in [2.24, 2.45) is 0 Å². The van der Waals surface area contributed by atoms with Gasteiger partial charge in [-0.2, -0.15) is 0 Å². The Hall–Kier alpha value is -3.48. The SMILES string of the molecule is [O-][PH+]1N(c2ccccc2P(c2ccccc2)c2ccccc2)C[C@H](Cc2ccccc2)N1c1ccccc1. The summed E-state index contributed by atoms with van der Waals surface area (Å²) in [5.74, 6) is 0. The second-order valence-electron chi connectivity index (χ2n) is 9.44. The summed E-state index contributed by atoms with van der Waals surface area (Å²) in [6.45, 7) is 0.714. The molecule has 1 aliphatic heterocycles. The molecule has 38 heavy (non-hydrogen) atoms. The van der Waals surface area contributed by atoms with E-state index in [-0.39, 0.29) is 6.04 Å². The van der Waals surface area contributed by atoms with E-state index in [1.165, 1.54) is 21.5 Å². The minimum atomic E-state index is -2.30. The van der Waals surface area contributed by atoms with Crippen LogP contribution in [0, 0.1) is 0 Å². The number of benzene rings is 5. The van der Waals surface area contributed by atoms with Crippen LogP contribution in [0.2, 0.25) is 0 Å². The van der Waals surface area contributed by atoms with Crippen molar-refractivity contribution in [1.29, 1.82) is 0 Å². The zero-order chi connectivity index (χ0) is 25.7. The normalized spacial score (nSPS) is 17.2. The van der Waals surface area contributed by atoms with Crippen molar-refractivity contribution in [3.05, 3.63) is 151 Å². The number of nitrogens with zero attached hydrogens (tertiary/aromatic N) is 2. The topological polar surface area (TPSA) is 29.5 Å². The molecule has 188 valence electrons. The maximum absolute atomic E-state index is 14.4. The molecular weight excluding hydrogens is 502 g/mol. The van der Waals surface area contributed by atoms with Gasteiger partial charge in [0.1, 0.15) is 8.45 Å². The van der Waals surface area contributed by atoms with Gasteiger partial charge >= 0.3 is 0 Å². The van der Waals surface area contributed by atoms with Gasteiger partial charge in [-0.25, -0.2) is 9.34 Å². The van der Waals surface area contributed by atoms with Crippen molar-refractivity contribution in [3.63, 3.8) is 0 Å². The van der Waals surface area contributed by atoms with Gasteiger partial charge in [0.2, 0.25) is 0 Å². The Bertz CT molecular complexity index is 1410. The van der Waals surface area contributed by atoms with Gasteiger partial charge in [0.15, 0.2) is 0 Å². The maximum Gasteiger partial charge on any atom is 0.140 e. The first kappa shape index (κ1) is 24.8. The Balaban J connectivity index is 1.43. The van der Waals surface area contributed by atoms with E-state index in [0.29, 0.717) is 6.54 Å². The largest absolute Gasteiger partial charge is 0.644 e. The molecular formula is C33H30N2OP2. The van der Waals surface area contributed by atoms with Gasteiger partial charge in [0.05, 0.1) is 24.0 Å². The first-order valence-electron chi connectivity index (χ1n) is 13.0. The monoisotopic (exact) mass is 532 g/mol. The van der Waals surface area contributed by atoms with E-state index >= 15 is 0 Å². The van der Waals surface area contributed by atoms with Crippen LogP contribution in [-0.4, -0.2) is 12.6 Å². The summed E-state index contributed by atoms with van der Waals surface area (Å²) in [7, 11) is -3.11. The lowest BCUT2D eigenvalue weighted by molar-refractivity contribution is -0.160. The fraction of sp³-hybridized carbons (Fsp3) is 0.0909. The summed E-state index contributed by atoms with van der Waals surface area (Å²) in [4.78, 5) is 14.4. The fourth-order valence-corrected chi connectivity index (χ4v) is 9.70. The molecule has 5 aromatic rings. The van der Waals surface area contributed by atoms with Crippen molar-refractivity contribution in [2.75, 3.05) is 15.9 Å². The van der Waals surface area contributed by atoms with Crippen LogP contribution in [-0.2, 0) is 6.42 Å². The Morgan fingerprint density at radius 3 is 1.74 bits per heavy atom. The maximum atomic E-state index is 14.4. The average molecular weight is 533 g/mol. The lowest BCUT2D eigenvalue weighted by Crippen LogP contribution is -2.31. The molecule has 1 saturated heterocycles. The lowest BCUT2D eigenvalue weighted by atomic mass is 10.1. The van der Waals surface area contributed by atoms with Gasteiger partial charge in [-0.3, -0.25) is 0 Å². The highest BCUT2D eigenvalue weighted by atomic mass is 31.2. The third-order valence-corrected chi connectivity index (χ3v) is 11.4. The van der Waals surface area contributed by atoms with E-state index in [1.54, 1.807) is 0 Å². The number of rotatable bonds is 7. The third-order valence-electron chi connectivity index (χ3n) is 6.99. The molecule has 1 heterocycles. The summed E-state index contributed by atoms with van der Waals surface area (Å²) in [6, 6.07) is 51.0. The molecule has 0 saturated carbocycles. The average Bonchev–Trinajstić information content (AvgIpc) is 3.30. The number of para-hydroxylation sites is 2. The predicted molar refractivity (Wildman–Crippen MR) is 164 cm³/mol. The molecule has 1 fully saturated rings. The molecule has 1 aliphatic rings. The molecule has 2 atom stereocenters. The van der Waals surface area contributed by atoms with E-state index in [0.717, 1.165) is 17.8 Å². The van der Waals surface area contributed by atoms with Crippen LogP contribution in [0.1, 0.15) is 5.56 Å². The van der Waals surface area contributed by atoms with E-state index in [2.05, 4.69) is 131 Å². The van der Waals surface area contributed by atoms with Gasteiger partial charge in [-0.1, -0.05) is 127 Å². The first-order chi connectivity index (χ1) is 18.8. The van der Waals surface area contributed by atoms with Crippen LogP contribution in [0.25, 0.3) is 0 Å². The zero-order valence-corrected chi connectivity index (χ0v) is 23.0. The van der Waals surface area contributed by atoms with Gasteiger partial charge in [0, 0.05) is 5.30 Å². The van der Waals surface area contributed by atoms with E-state index in [1.807, 2.05) is 24.3 Å². The van der Waals surface area contributed by atoms with Crippen LogP contribution in [0.3, 0.4) is 0 Å². The highest BCUT2D eigenvalue weighted by molar-refractivity contribution is 7.80. The smallest absolute Gasteiger partial charge is 0.140 e. The predicted octanol–water partition coefficient (Wildman–Crippen LogP) is 5.70. The van der Waals surface area contributed by atoms with Crippen LogP contribution in [0.4, 0.5) is 11.4 Å². The minimum absolute atomic E-state index is 0.110. The van der Waals surface area contributed by atoms with Crippen molar-refractivity contribution in [1.82, 2.24) is 0 Å². The Morgan fingerprint density at radius 2 is 1.13 bits per heavy atom. The molecule has 5 aromatic carbocycles. The molecule has 0 spiro atoms. The molecule has 0 aliphatic carbocycles.